The van der Waals surface area contributed by atoms with Gasteiger partial charge in [0.1, 0.15) is 0 Å². The van der Waals surface area contributed by atoms with Crippen LogP contribution in [-0.2, 0) is 9.84 Å². The number of unbranched alkanes of at least 4 members (excludes halogenated alkanes) is 3. The summed E-state index contributed by atoms with van der Waals surface area (Å²) in [7, 11) is -3.22. The van der Waals surface area contributed by atoms with E-state index in [0.29, 0.717) is 4.90 Å². The first kappa shape index (κ1) is 22.0. The van der Waals surface area contributed by atoms with Crippen LogP contribution in [0.3, 0.4) is 0 Å². The Morgan fingerprint density at radius 3 is 1.73 bits per heavy atom. The molecule has 0 amide bonds. The highest BCUT2D eigenvalue weighted by molar-refractivity contribution is 7.90. The van der Waals surface area contributed by atoms with Crippen LogP contribution in [0.2, 0.25) is 0 Å². The summed E-state index contributed by atoms with van der Waals surface area (Å²) in [5.41, 5.74) is 5.91. The number of hydrogen-bond acceptors (Lipinski definition) is 2. The second-order valence-electron chi connectivity index (χ2n) is 7.69. The van der Waals surface area contributed by atoms with Gasteiger partial charge < -0.3 is 0 Å². The summed E-state index contributed by atoms with van der Waals surface area (Å²) < 4.78 is 23.9. The lowest BCUT2D eigenvalue weighted by Gasteiger charge is -2.18. The van der Waals surface area contributed by atoms with Crippen LogP contribution in [0.4, 0.5) is 0 Å². The first-order valence-electron chi connectivity index (χ1n) is 10.6. The van der Waals surface area contributed by atoms with Gasteiger partial charge in [-0.1, -0.05) is 99.0 Å². The number of sulfone groups is 1. The summed E-state index contributed by atoms with van der Waals surface area (Å²) in [6, 6.07) is 28.3. The van der Waals surface area contributed by atoms with Crippen molar-refractivity contribution in [3.63, 3.8) is 0 Å². The van der Waals surface area contributed by atoms with Gasteiger partial charge in [0, 0.05) is 6.26 Å². The molecule has 0 atom stereocenters. The van der Waals surface area contributed by atoms with Crippen LogP contribution in [0, 0.1) is 0 Å². The van der Waals surface area contributed by atoms with Crippen molar-refractivity contribution in [2.45, 2.75) is 43.9 Å². The summed E-state index contributed by atoms with van der Waals surface area (Å²) in [6.45, 7) is 2.23. The molecule has 0 bridgehead atoms. The topological polar surface area (TPSA) is 34.1 Å². The van der Waals surface area contributed by atoms with Crippen LogP contribution < -0.4 is 0 Å². The first-order chi connectivity index (χ1) is 14.5. The largest absolute Gasteiger partial charge is 0.224 e. The second-order valence-corrected chi connectivity index (χ2v) is 9.71. The van der Waals surface area contributed by atoms with Gasteiger partial charge in [0.05, 0.1) is 4.90 Å². The molecule has 0 spiro atoms. The summed E-state index contributed by atoms with van der Waals surface area (Å²) in [5.74, 6) is 0. The van der Waals surface area contributed by atoms with E-state index in [1.807, 2.05) is 24.3 Å². The van der Waals surface area contributed by atoms with Crippen LogP contribution in [0.25, 0.3) is 11.1 Å². The smallest absolute Gasteiger partial charge is 0.175 e. The molecule has 0 fully saturated rings. The van der Waals surface area contributed by atoms with Gasteiger partial charge in [0.15, 0.2) is 9.84 Å². The van der Waals surface area contributed by atoms with Crippen molar-refractivity contribution in [2.75, 3.05) is 6.26 Å². The molecule has 0 unspecified atom stereocenters. The van der Waals surface area contributed by atoms with E-state index in [1.54, 1.807) is 12.1 Å². The monoisotopic (exact) mass is 418 g/mol. The Morgan fingerprint density at radius 1 is 0.667 bits per heavy atom. The average molecular weight is 419 g/mol. The maximum absolute atomic E-state index is 11.9. The minimum absolute atomic E-state index is 0.350. The number of benzene rings is 3. The molecule has 0 saturated carbocycles. The molecule has 0 aliphatic heterocycles. The number of hydrogen-bond donors (Lipinski definition) is 0. The molecule has 0 heterocycles. The van der Waals surface area contributed by atoms with Crippen LogP contribution in [0.5, 0.6) is 0 Å². The van der Waals surface area contributed by atoms with Crippen molar-refractivity contribution in [1.82, 2.24) is 0 Å². The molecule has 0 radical (unpaired) electrons. The lowest BCUT2D eigenvalue weighted by atomic mass is 9.87. The Labute approximate surface area is 181 Å². The van der Waals surface area contributed by atoms with E-state index in [0.717, 1.165) is 24.0 Å². The van der Waals surface area contributed by atoms with Gasteiger partial charge in [-0.25, -0.2) is 8.42 Å². The molecular weight excluding hydrogens is 388 g/mol. The first-order valence-corrected chi connectivity index (χ1v) is 12.5. The van der Waals surface area contributed by atoms with E-state index in [9.17, 15) is 8.42 Å². The lowest BCUT2D eigenvalue weighted by molar-refractivity contribution is 0.602. The van der Waals surface area contributed by atoms with Gasteiger partial charge in [-0.05, 0) is 52.8 Å². The van der Waals surface area contributed by atoms with Gasteiger partial charge in [-0.15, -0.1) is 0 Å². The highest BCUT2D eigenvalue weighted by Crippen LogP contribution is 2.36. The van der Waals surface area contributed by atoms with Crippen molar-refractivity contribution in [3.8, 4) is 0 Å². The lowest BCUT2D eigenvalue weighted by Crippen LogP contribution is -1.99. The van der Waals surface area contributed by atoms with E-state index in [1.165, 1.54) is 42.2 Å². The minimum Gasteiger partial charge on any atom is -0.224 e. The summed E-state index contributed by atoms with van der Waals surface area (Å²) in [6.07, 6.45) is 7.04. The summed E-state index contributed by atoms with van der Waals surface area (Å²) in [4.78, 5) is 0.350. The van der Waals surface area contributed by atoms with E-state index in [2.05, 4.69) is 55.5 Å². The molecule has 3 rings (SSSR count). The molecule has 0 saturated heterocycles. The second kappa shape index (κ2) is 10.4. The molecule has 156 valence electrons. The van der Waals surface area contributed by atoms with Crippen molar-refractivity contribution < 1.29 is 8.42 Å². The average Bonchev–Trinajstić information content (AvgIpc) is 2.77. The fraction of sp³-hybridized carbons (Fsp3) is 0.259. The van der Waals surface area contributed by atoms with Crippen molar-refractivity contribution in [3.05, 3.63) is 102 Å². The molecule has 0 aromatic heterocycles. The molecule has 2 nitrogen and oxygen atoms in total. The quantitative estimate of drug-likeness (QED) is 0.276. The molecule has 0 N–H and O–H groups in total. The third kappa shape index (κ3) is 5.70. The predicted molar refractivity (Wildman–Crippen MR) is 127 cm³/mol. The van der Waals surface area contributed by atoms with E-state index < -0.39 is 9.84 Å². The van der Waals surface area contributed by atoms with Gasteiger partial charge in [0.2, 0.25) is 0 Å². The molecule has 0 aliphatic carbocycles. The maximum Gasteiger partial charge on any atom is 0.175 e. The Hall–Kier alpha value is -2.65. The fourth-order valence-corrected chi connectivity index (χ4v) is 4.40. The molecule has 3 heteroatoms. The minimum atomic E-state index is -3.22. The highest BCUT2D eigenvalue weighted by atomic mass is 32.2. The molecular formula is C27H30O2S. The maximum atomic E-state index is 11.9. The normalized spacial score (nSPS) is 12.5. The Balaban J connectivity index is 2.17. The van der Waals surface area contributed by atoms with Crippen LogP contribution in [0.15, 0.2) is 89.8 Å². The predicted octanol–water partition coefficient (Wildman–Crippen LogP) is 7.02. The number of allylic oxidation sites excluding steroid dienone is 1. The Bertz CT molecular complexity index is 1060. The highest BCUT2D eigenvalue weighted by Gasteiger charge is 2.15. The summed E-state index contributed by atoms with van der Waals surface area (Å²) in [5, 5.41) is 0. The third-order valence-electron chi connectivity index (χ3n) is 5.34. The van der Waals surface area contributed by atoms with Gasteiger partial charge in [-0.3, -0.25) is 0 Å². The third-order valence-corrected chi connectivity index (χ3v) is 6.47. The van der Waals surface area contributed by atoms with E-state index >= 15 is 0 Å². The fourth-order valence-electron chi connectivity index (χ4n) is 3.77. The standard InChI is InChI=1S/C27H30O2S/c1-3-4-5-12-17-26(22-13-8-6-9-14-22)27(23-15-10-7-11-16-23)24-18-20-25(21-19-24)30(2,28)29/h6-11,13-16,18-21H,3-5,12,17H2,1-2H3. The van der Waals surface area contributed by atoms with Crippen LogP contribution in [0.1, 0.15) is 55.7 Å². The summed E-state index contributed by atoms with van der Waals surface area (Å²) >= 11 is 0. The van der Waals surface area contributed by atoms with Crippen molar-refractivity contribution >= 4 is 21.0 Å². The molecule has 3 aromatic rings. The molecule has 0 aliphatic rings. The zero-order chi connectivity index (χ0) is 21.4. The number of rotatable bonds is 9. The van der Waals surface area contributed by atoms with E-state index in [-0.39, 0.29) is 0 Å². The molecule has 3 aromatic carbocycles. The zero-order valence-corrected chi connectivity index (χ0v) is 18.7. The van der Waals surface area contributed by atoms with Crippen molar-refractivity contribution in [2.24, 2.45) is 0 Å². The molecule has 30 heavy (non-hydrogen) atoms. The SMILES string of the molecule is CCCCCCC(=C(c1ccccc1)c1ccc(S(C)(=O)=O)cc1)c1ccccc1. The van der Waals surface area contributed by atoms with E-state index in [4.69, 9.17) is 0 Å². The van der Waals surface area contributed by atoms with Crippen LogP contribution >= 0.6 is 0 Å². The van der Waals surface area contributed by atoms with Gasteiger partial charge >= 0.3 is 0 Å². The van der Waals surface area contributed by atoms with Gasteiger partial charge in [-0.2, -0.15) is 0 Å². The zero-order valence-electron chi connectivity index (χ0n) is 17.8. The van der Waals surface area contributed by atoms with Crippen LogP contribution in [-0.4, -0.2) is 14.7 Å². The Kier molecular flexibility index (Phi) is 7.64. The Morgan fingerprint density at radius 2 is 1.20 bits per heavy atom. The van der Waals surface area contributed by atoms with Crippen molar-refractivity contribution in [1.29, 1.82) is 0 Å². The van der Waals surface area contributed by atoms with Gasteiger partial charge in [0.25, 0.3) is 0 Å².